The van der Waals surface area contributed by atoms with Gasteiger partial charge in [0.25, 0.3) is 0 Å². The molecule has 3 heteroatoms. The van der Waals surface area contributed by atoms with E-state index in [9.17, 15) is 4.79 Å². The van der Waals surface area contributed by atoms with Gasteiger partial charge < -0.3 is 5.32 Å². The zero-order chi connectivity index (χ0) is 7.11. The number of rotatable bonds is 4. The van der Waals surface area contributed by atoms with Gasteiger partial charge in [0.2, 0.25) is 0 Å². The first-order valence-corrected chi connectivity index (χ1v) is 2.88. The van der Waals surface area contributed by atoms with Gasteiger partial charge in [-0.1, -0.05) is 0 Å². The third-order valence-electron chi connectivity index (χ3n) is 0.875. The molecule has 0 aliphatic rings. The zero-order valence-corrected chi connectivity index (χ0v) is 5.50. The van der Waals surface area contributed by atoms with Crippen LogP contribution in [0.5, 0.6) is 0 Å². The third-order valence-corrected chi connectivity index (χ3v) is 0.875. The summed E-state index contributed by atoms with van der Waals surface area (Å²) in [5.41, 5.74) is 0.525. The minimum atomic E-state index is 0.525. The molecule has 0 fully saturated rings. The van der Waals surface area contributed by atoms with Crippen molar-refractivity contribution in [1.82, 2.24) is 0 Å². The smallest absolute Gasteiger partial charge is 0.176 e. The molecule has 3 nitrogen and oxygen atoms in total. The third kappa shape index (κ3) is 3.61. The Kier molecular flexibility index (Phi) is 4.63. The molecule has 0 amide bonds. The lowest BCUT2D eigenvalue weighted by Gasteiger charge is -1.83. The largest absolute Gasteiger partial charge is 0.319 e. The van der Waals surface area contributed by atoms with Crippen LogP contribution < -0.4 is 10.7 Å². The summed E-state index contributed by atoms with van der Waals surface area (Å²) in [6.07, 6.45) is 3.72. The fraction of sp³-hybridized carbons (Fsp3) is 0.333. The van der Waals surface area contributed by atoms with Crippen molar-refractivity contribution in [2.75, 3.05) is 6.54 Å². The molecule has 0 aromatic heterocycles. The molecule has 9 heavy (non-hydrogen) atoms. The second-order valence-electron chi connectivity index (χ2n) is 1.60. The highest BCUT2D eigenvalue weighted by Gasteiger charge is 1.91. The standard InChI is InChI=1S/C6H10N2O/c1-2-8-4-6(3-7)5-9/h3-5,7-8H,2H2,1H3/p+2/b6-4+,7-3?. The van der Waals surface area contributed by atoms with Gasteiger partial charge in [-0.3, -0.25) is 10.2 Å². The topological polar surface area (TPSA) is 59.3 Å². The second-order valence-corrected chi connectivity index (χ2v) is 1.60. The maximum Gasteiger partial charge on any atom is 0.176 e. The Morgan fingerprint density at radius 2 is 2.44 bits per heavy atom. The van der Waals surface area contributed by atoms with Crippen LogP contribution in [0.3, 0.4) is 0 Å². The van der Waals surface area contributed by atoms with Crippen molar-refractivity contribution in [3.8, 4) is 0 Å². The molecule has 0 aliphatic heterocycles. The van der Waals surface area contributed by atoms with Gasteiger partial charge in [0.15, 0.2) is 12.5 Å². The van der Waals surface area contributed by atoms with Gasteiger partial charge in [0, 0.05) is 0 Å². The van der Waals surface area contributed by atoms with Gasteiger partial charge in [-0.25, -0.2) is 0 Å². The van der Waals surface area contributed by atoms with Crippen LogP contribution in [0.4, 0.5) is 0 Å². The zero-order valence-electron chi connectivity index (χ0n) is 5.50. The molecule has 0 bridgehead atoms. The van der Waals surface area contributed by atoms with E-state index in [0.717, 1.165) is 12.8 Å². The molecule has 0 aromatic rings. The number of quaternary nitrogens is 1. The van der Waals surface area contributed by atoms with Crippen molar-refractivity contribution >= 4 is 12.5 Å². The van der Waals surface area contributed by atoms with E-state index in [0.29, 0.717) is 5.57 Å². The molecule has 0 rings (SSSR count). The second kappa shape index (κ2) is 5.18. The van der Waals surface area contributed by atoms with E-state index in [-0.39, 0.29) is 0 Å². The summed E-state index contributed by atoms with van der Waals surface area (Å²) in [5, 5.41) is 6.96. The molecule has 0 atom stereocenters. The van der Waals surface area contributed by atoms with Crippen molar-refractivity contribution in [1.29, 1.82) is 0 Å². The van der Waals surface area contributed by atoms with Gasteiger partial charge in [-0.2, -0.15) is 0 Å². The first kappa shape index (κ1) is 8.04. The molecule has 0 aromatic carbocycles. The van der Waals surface area contributed by atoms with Gasteiger partial charge >= 0.3 is 0 Å². The Labute approximate surface area is 54.3 Å². The Balaban J connectivity index is 3.75. The average molecular weight is 128 g/mol. The molecule has 4 N–H and O–H groups in total. The maximum atomic E-state index is 10.0. The molecule has 0 unspecified atom stereocenters. The van der Waals surface area contributed by atoms with Crippen molar-refractivity contribution < 1.29 is 15.5 Å². The Bertz CT molecular complexity index is 119. The number of carbonyl (C=O) groups excluding carboxylic acids is 1. The number of nitrogens with two attached hydrogens (primary N) is 2. The minimum absolute atomic E-state index is 0.525. The summed E-state index contributed by atoms with van der Waals surface area (Å²) in [7, 11) is 0. The molecular weight excluding hydrogens is 116 g/mol. The quantitative estimate of drug-likeness (QED) is 0.245. The van der Waals surface area contributed by atoms with E-state index in [4.69, 9.17) is 5.41 Å². The minimum Gasteiger partial charge on any atom is -0.319 e. The summed E-state index contributed by atoms with van der Waals surface area (Å²) < 4.78 is 0. The lowest BCUT2D eigenvalue weighted by atomic mass is 10.3. The molecule has 0 saturated carbocycles. The van der Waals surface area contributed by atoms with Gasteiger partial charge in [-0.15, -0.1) is 0 Å². The average Bonchev–Trinajstić information content (AvgIpc) is 1.91. The van der Waals surface area contributed by atoms with Crippen LogP contribution in [0, 0.1) is 0 Å². The normalized spacial score (nSPS) is 11.0. The van der Waals surface area contributed by atoms with Crippen LogP contribution in [0.15, 0.2) is 11.8 Å². The summed E-state index contributed by atoms with van der Waals surface area (Å²) in [5.74, 6) is 0. The van der Waals surface area contributed by atoms with Gasteiger partial charge in [-0.05, 0) is 6.92 Å². The highest BCUT2D eigenvalue weighted by molar-refractivity contribution is 5.98. The van der Waals surface area contributed by atoms with Crippen LogP contribution in [-0.4, -0.2) is 19.0 Å². The number of hydrogen-bond donors (Lipinski definition) is 2. The van der Waals surface area contributed by atoms with Crippen LogP contribution in [-0.2, 0) is 4.79 Å². The highest BCUT2D eigenvalue weighted by atomic mass is 16.1. The molecule has 0 heterocycles. The van der Waals surface area contributed by atoms with Crippen molar-refractivity contribution in [3.63, 3.8) is 0 Å². The number of aldehydes is 1. The van der Waals surface area contributed by atoms with E-state index >= 15 is 0 Å². The Morgan fingerprint density at radius 3 is 2.78 bits per heavy atom. The molecule has 0 radical (unpaired) electrons. The highest BCUT2D eigenvalue weighted by Crippen LogP contribution is 1.70. The van der Waals surface area contributed by atoms with Crippen molar-refractivity contribution in [2.45, 2.75) is 6.92 Å². The summed E-state index contributed by atoms with van der Waals surface area (Å²) >= 11 is 0. The van der Waals surface area contributed by atoms with Crippen molar-refractivity contribution in [2.24, 2.45) is 0 Å². The lowest BCUT2D eigenvalue weighted by molar-refractivity contribution is -0.584. The summed E-state index contributed by atoms with van der Waals surface area (Å²) in [6, 6.07) is 0. The Morgan fingerprint density at radius 1 is 1.78 bits per heavy atom. The molecule has 0 aliphatic carbocycles. The van der Waals surface area contributed by atoms with E-state index in [1.54, 1.807) is 6.20 Å². The van der Waals surface area contributed by atoms with Crippen LogP contribution in [0.1, 0.15) is 6.92 Å². The van der Waals surface area contributed by atoms with Crippen LogP contribution in [0.2, 0.25) is 0 Å². The summed E-state index contributed by atoms with van der Waals surface area (Å²) in [4.78, 5) is 10.0. The number of hydrogen-bond acceptors (Lipinski definition) is 1. The van der Waals surface area contributed by atoms with E-state index in [2.05, 4.69) is 0 Å². The first-order valence-electron chi connectivity index (χ1n) is 2.88. The van der Waals surface area contributed by atoms with Gasteiger partial charge in [0.05, 0.1) is 6.54 Å². The van der Waals surface area contributed by atoms with Crippen molar-refractivity contribution in [3.05, 3.63) is 11.8 Å². The molecule has 0 saturated heterocycles. The SMILES string of the molecule is CC[NH2+]/C=C(\C=[NH2+])C=O. The lowest BCUT2D eigenvalue weighted by Crippen LogP contribution is -2.77. The number of carbonyl (C=O) groups is 1. The van der Waals surface area contributed by atoms with E-state index in [1.165, 1.54) is 6.21 Å². The monoisotopic (exact) mass is 128 g/mol. The number of allylic oxidation sites excluding steroid dienone is 1. The van der Waals surface area contributed by atoms with E-state index in [1.807, 2.05) is 12.2 Å². The maximum absolute atomic E-state index is 10.0. The Hall–Kier alpha value is -0.960. The molecular formula is C6H12N2O+2. The van der Waals surface area contributed by atoms with Crippen LogP contribution in [0.25, 0.3) is 0 Å². The fourth-order valence-electron chi connectivity index (χ4n) is 0.388. The summed E-state index contributed by atoms with van der Waals surface area (Å²) in [6.45, 7) is 2.92. The first-order chi connectivity index (χ1) is 4.35. The predicted octanol–water partition coefficient (Wildman–Crippen LogP) is -2.52. The van der Waals surface area contributed by atoms with E-state index < -0.39 is 0 Å². The van der Waals surface area contributed by atoms with Gasteiger partial charge in [0.1, 0.15) is 11.8 Å². The molecule has 0 spiro atoms. The predicted molar refractivity (Wildman–Crippen MR) is 34.6 cm³/mol. The molecule has 50 valence electrons. The fourth-order valence-corrected chi connectivity index (χ4v) is 0.388. The van der Waals surface area contributed by atoms with Crippen LogP contribution >= 0.6 is 0 Å².